The second-order valence-corrected chi connectivity index (χ2v) is 7.90. The van der Waals surface area contributed by atoms with Crippen LogP contribution in [0.4, 0.5) is 0 Å². The number of rotatable bonds is 4. The zero-order valence-electron chi connectivity index (χ0n) is 13.7. The molecule has 0 aliphatic heterocycles. The molecule has 0 saturated carbocycles. The van der Waals surface area contributed by atoms with Gasteiger partial charge in [0.1, 0.15) is 5.56 Å². The third-order valence-electron chi connectivity index (χ3n) is 4.21. The van der Waals surface area contributed by atoms with Crippen molar-refractivity contribution in [2.24, 2.45) is 0 Å². The van der Waals surface area contributed by atoms with Gasteiger partial charge in [0.2, 0.25) is 5.58 Å². The number of furan rings is 1. The van der Waals surface area contributed by atoms with Crippen LogP contribution >= 0.6 is 0 Å². The number of sulfone groups is 1. The first kappa shape index (κ1) is 17.0. The molecule has 0 radical (unpaired) electrons. The standard InChI is InChI=1S/C19H12O7S/c20-18(21)14-8-4-7-13-15-11(9-25-17(15)19(22)26-16(13)14)10-27(23,24)12-5-2-1-3-6-12/h1-9H,10H2,(H,20,21). The molecule has 0 unspecified atom stereocenters. The van der Waals surface area contributed by atoms with Crippen LogP contribution in [0.25, 0.3) is 21.9 Å². The second-order valence-electron chi connectivity index (χ2n) is 5.91. The minimum Gasteiger partial charge on any atom is -0.478 e. The highest BCUT2D eigenvalue weighted by Gasteiger charge is 2.23. The highest BCUT2D eigenvalue weighted by Crippen LogP contribution is 2.31. The molecule has 2 heterocycles. The van der Waals surface area contributed by atoms with Gasteiger partial charge in [0, 0.05) is 16.3 Å². The molecule has 0 aliphatic carbocycles. The van der Waals surface area contributed by atoms with Crippen molar-refractivity contribution >= 4 is 37.7 Å². The maximum absolute atomic E-state index is 12.7. The van der Waals surface area contributed by atoms with Crippen molar-refractivity contribution in [2.75, 3.05) is 0 Å². The minimum atomic E-state index is -3.69. The molecule has 0 saturated heterocycles. The Kier molecular flexibility index (Phi) is 3.85. The first-order valence-corrected chi connectivity index (χ1v) is 9.51. The Balaban J connectivity index is 1.98. The second kappa shape index (κ2) is 6.10. The largest absolute Gasteiger partial charge is 0.478 e. The normalized spacial score (nSPS) is 11.9. The van der Waals surface area contributed by atoms with Crippen molar-refractivity contribution in [3.63, 3.8) is 0 Å². The summed E-state index contributed by atoms with van der Waals surface area (Å²) in [5.74, 6) is -1.66. The third kappa shape index (κ3) is 2.80. The number of benzene rings is 2. The zero-order valence-corrected chi connectivity index (χ0v) is 14.5. The molecule has 0 amide bonds. The van der Waals surface area contributed by atoms with Crippen LogP contribution in [-0.2, 0) is 15.6 Å². The van der Waals surface area contributed by atoms with Gasteiger partial charge in [-0.1, -0.05) is 30.3 Å². The number of carboxylic acids is 1. The van der Waals surface area contributed by atoms with Crippen molar-refractivity contribution in [3.8, 4) is 0 Å². The van der Waals surface area contributed by atoms with Crippen LogP contribution in [0.1, 0.15) is 15.9 Å². The first-order chi connectivity index (χ1) is 12.9. The number of hydrogen-bond donors (Lipinski definition) is 1. The minimum absolute atomic E-state index is 0.123. The summed E-state index contributed by atoms with van der Waals surface area (Å²) in [6.45, 7) is 0. The highest BCUT2D eigenvalue weighted by molar-refractivity contribution is 7.90. The number of carboxylic acid groups (broad SMARTS) is 1. The van der Waals surface area contributed by atoms with E-state index < -0.39 is 27.2 Å². The molecule has 0 bridgehead atoms. The molecule has 4 rings (SSSR count). The van der Waals surface area contributed by atoms with E-state index in [0.717, 1.165) is 0 Å². The quantitative estimate of drug-likeness (QED) is 0.537. The lowest BCUT2D eigenvalue weighted by molar-refractivity contribution is 0.0697. The summed E-state index contributed by atoms with van der Waals surface area (Å²) in [7, 11) is -3.69. The van der Waals surface area contributed by atoms with E-state index >= 15 is 0 Å². The summed E-state index contributed by atoms with van der Waals surface area (Å²) in [6, 6.07) is 12.2. The molecule has 8 heteroatoms. The van der Waals surface area contributed by atoms with Crippen molar-refractivity contribution < 1.29 is 27.2 Å². The summed E-state index contributed by atoms with van der Waals surface area (Å²) in [5.41, 5.74) is -1.07. The Morgan fingerprint density at radius 2 is 1.74 bits per heavy atom. The smallest absolute Gasteiger partial charge is 0.380 e. The van der Waals surface area contributed by atoms with E-state index in [0.29, 0.717) is 5.39 Å². The van der Waals surface area contributed by atoms with Gasteiger partial charge < -0.3 is 13.9 Å². The van der Waals surface area contributed by atoms with Crippen molar-refractivity contribution in [1.82, 2.24) is 0 Å². The van der Waals surface area contributed by atoms with Crippen molar-refractivity contribution in [3.05, 3.63) is 76.3 Å². The van der Waals surface area contributed by atoms with E-state index in [-0.39, 0.29) is 32.6 Å². The molecule has 2 aromatic carbocycles. The molecule has 7 nitrogen and oxygen atoms in total. The van der Waals surface area contributed by atoms with E-state index in [1.165, 1.54) is 30.5 Å². The summed E-state index contributed by atoms with van der Waals surface area (Å²) in [5, 5.41) is 9.86. The fraction of sp³-hybridized carbons (Fsp3) is 0.0526. The fourth-order valence-electron chi connectivity index (χ4n) is 3.01. The monoisotopic (exact) mass is 384 g/mol. The maximum atomic E-state index is 12.7. The van der Waals surface area contributed by atoms with Gasteiger partial charge in [-0.25, -0.2) is 18.0 Å². The van der Waals surface area contributed by atoms with Crippen LogP contribution < -0.4 is 5.63 Å². The van der Waals surface area contributed by atoms with Gasteiger partial charge in [-0.05, 0) is 18.2 Å². The van der Waals surface area contributed by atoms with Gasteiger partial charge in [-0.3, -0.25) is 0 Å². The Morgan fingerprint density at radius 3 is 2.44 bits per heavy atom. The lowest BCUT2D eigenvalue weighted by atomic mass is 10.1. The SMILES string of the molecule is O=C(O)c1cccc2c1oc(=O)c1occ(CS(=O)(=O)c3ccccc3)c12. The van der Waals surface area contributed by atoms with E-state index in [4.69, 9.17) is 8.83 Å². The molecular weight excluding hydrogens is 372 g/mol. The molecule has 1 N–H and O–H groups in total. The number of carbonyl (C=O) groups is 1. The summed E-state index contributed by atoms with van der Waals surface area (Å²) in [6.07, 6.45) is 1.19. The molecular formula is C19H12O7S. The van der Waals surface area contributed by atoms with Gasteiger partial charge in [-0.2, -0.15) is 0 Å². The highest BCUT2D eigenvalue weighted by atomic mass is 32.2. The average molecular weight is 384 g/mol. The fourth-order valence-corrected chi connectivity index (χ4v) is 4.37. The zero-order chi connectivity index (χ0) is 19.2. The third-order valence-corrected chi connectivity index (χ3v) is 5.89. The molecule has 0 spiro atoms. The topological polar surface area (TPSA) is 115 Å². The molecule has 136 valence electrons. The predicted octanol–water partition coefficient (Wildman–Crippen LogP) is 3.21. The maximum Gasteiger partial charge on any atom is 0.380 e. The number of aromatic carboxylic acids is 1. The van der Waals surface area contributed by atoms with Crippen LogP contribution in [0.5, 0.6) is 0 Å². The number of fused-ring (bicyclic) bond motifs is 3. The van der Waals surface area contributed by atoms with Crippen molar-refractivity contribution in [1.29, 1.82) is 0 Å². The Labute approximate surface area is 152 Å². The van der Waals surface area contributed by atoms with Crippen molar-refractivity contribution in [2.45, 2.75) is 10.6 Å². The van der Waals surface area contributed by atoms with E-state index in [9.17, 15) is 23.1 Å². The lowest BCUT2D eigenvalue weighted by Crippen LogP contribution is -2.06. The number of para-hydroxylation sites is 1. The molecule has 27 heavy (non-hydrogen) atoms. The van der Waals surface area contributed by atoms with Gasteiger partial charge in [0.05, 0.1) is 16.9 Å². The molecule has 0 fully saturated rings. The van der Waals surface area contributed by atoms with Crippen LogP contribution in [0, 0.1) is 0 Å². The van der Waals surface area contributed by atoms with Crippen LogP contribution in [0.3, 0.4) is 0 Å². The van der Waals surface area contributed by atoms with E-state index in [2.05, 4.69) is 0 Å². The average Bonchev–Trinajstić information content (AvgIpc) is 3.06. The Bertz CT molecular complexity index is 1350. The lowest BCUT2D eigenvalue weighted by Gasteiger charge is -2.05. The van der Waals surface area contributed by atoms with E-state index in [1.807, 2.05) is 0 Å². The number of hydrogen-bond acceptors (Lipinski definition) is 6. The first-order valence-electron chi connectivity index (χ1n) is 7.85. The molecule has 0 aliphatic rings. The summed E-state index contributed by atoms with van der Waals surface area (Å²) >= 11 is 0. The van der Waals surface area contributed by atoms with Crippen LogP contribution in [-0.4, -0.2) is 19.5 Å². The van der Waals surface area contributed by atoms with Crippen LogP contribution in [0.2, 0.25) is 0 Å². The Hall–Kier alpha value is -3.39. The Morgan fingerprint density at radius 1 is 1.00 bits per heavy atom. The predicted molar refractivity (Wildman–Crippen MR) is 96.5 cm³/mol. The molecule has 4 aromatic rings. The summed E-state index contributed by atoms with van der Waals surface area (Å²) < 4.78 is 35.8. The van der Waals surface area contributed by atoms with Crippen LogP contribution in [0.15, 0.2) is 73.3 Å². The molecule has 2 aromatic heterocycles. The summed E-state index contributed by atoms with van der Waals surface area (Å²) in [4.78, 5) is 23.8. The van der Waals surface area contributed by atoms with Gasteiger partial charge in [0.25, 0.3) is 0 Å². The van der Waals surface area contributed by atoms with Gasteiger partial charge >= 0.3 is 11.6 Å². The molecule has 0 atom stereocenters. The van der Waals surface area contributed by atoms with Gasteiger partial charge in [-0.15, -0.1) is 0 Å². The van der Waals surface area contributed by atoms with E-state index in [1.54, 1.807) is 24.3 Å². The van der Waals surface area contributed by atoms with Gasteiger partial charge in [0.15, 0.2) is 15.4 Å².